The van der Waals surface area contributed by atoms with Crippen LogP contribution in [0.5, 0.6) is 0 Å². The fraction of sp³-hybridized carbons (Fsp3) is 0.500. The Morgan fingerprint density at radius 3 is 3.00 bits per heavy atom. The van der Waals surface area contributed by atoms with Crippen molar-refractivity contribution in [3.8, 4) is 0 Å². The Bertz CT molecular complexity index is 368. The summed E-state index contributed by atoms with van der Waals surface area (Å²) in [5.41, 5.74) is 1.29. The van der Waals surface area contributed by atoms with E-state index in [-0.39, 0.29) is 0 Å². The molecule has 16 heavy (non-hydrogen) atoms. The molecule has 1 atom stereocenters. The topological polar surface area (TPSA) is 15.3 Å². The molecule has 1 fully saturated rings. The van der Waals surface area contributed by atoms with Gasteiger partial charge in [-0.3, -0.25) is 0 Å². The van der Waals surface area contributed by atoms with E-state index in [4.69, 9.17) is 0 Å². The lowest BCUT2D eigenvalue weighted by Gasteiger charge is -2.38. The van der Waals surface area contributed by atoms with E-state index >= 15 is 0 Å². The highest BCUT2D eigenvalue weighted by Gasteiger charge is 2.22. The molecule has 1 aliphatic heterocycles. The van der Waals surface area contributed by atoms with Crippen LogP contribution in [0.3, 0.4) is 0 Å². The number of halogens is 2. The van der Waals surface area contributed by atoms with Crippen LogP contribution in [0.25, 0.3) is 0 Å². The van der Waals surface area contributed by atoms with Gasteiger partial charge < -0.3 is 10.2 Å². The highest BCUT2D eigenvalue weighted by molar-refractivity contribution is 9.11. The Morgan fingerprint density at radius 2 is 2.25 bits per heavy atom. The predicted octanol–water partition coefficient (Wildman–Crippen LogP) is 3.40. The van der Waals surface area contributed by atoms with Crippen molar-refractivity contribution in [2.75, 3.05) is 24.5 Å². The van der Waals surface area contributed by atoms with Crippen molar-refractivity contribution in [2.24, 2.45) is 0 Å². The third-order valence-corrected chi connectivity index (χ3v) is 4.20. The zero-order chi connectivity index (χ0) is 11.5. The van der Waals surface area contributed by atoms with E-state index in [0.29, 0.717) is 6.04 Å². The Hall–Kier alpha value is -0.0600. The fourth-order valence-electron chi connectivity index (χ4n) is 2.15. The van der Waals surface area contributed by atoms with Crippen molar-refractivity contribution in [2.45, 2.75) is 19.4 Å². The van der Waals surface area contributed by atoms with Crippen LogP contribution >= 0.6 is 31.9 Å². The summed E-state index contributed by atoms with van der Waals surface area (Å²) in [6, 6.07) is 6.96. The normalized spacial score (nSPS) is 21.2. The van der Waals surface area contributed by atoms with E-state index in [1.807, 2.05) is 0 Å². The van der Waals surface area contributed by atoms with Gasteiger partial charge in [-0.1, -0.05) is 22.9 Å². The first-order chi connectivity index (χ1) is 7.72. The first-order valence-electron chi connectivity index (χ1n) is 5.64. The van der Waals surface area contributed by atoms with Crippen LogP contribution in [0.4, 0.5) is 5.69 Å². The lowest BCUT2D eigenvalue weighted by atomic mass is 10.1. The van der Waals surface area contributed by atoms with Crippen LogP contribution in [0, 0.1) is 0 Å². The van der Waals surface area contributed by atoms with Gasteiger partial charge in [0.15, 0.2) is 0 Å². The summed E-state index contributed by atoms with van der Waals surface area (Å²) in [4.78, 5) is 2.49. The highest BCUT2D eigenvalue weighted by atomic mass is 79.9. The molecule has 0 aliphatic carbocycles. The minimum Gasteiger partial charge on any atom is -0.365 e. The second-order valence-electron chi connectivity index (χ2n) is 4.06. The van der Waals surface area contributed by atoms with E-state index in [1.54, 1.807) is 0 Å². The number of nitrogens with zero attached hydrogens (tertiary/aromatic N) is 1. The van der Waals surface area contributed by atoms with Crippen molar-refractivity contribution in [3.63, 3.8) is 0 Å². The van der Waals surface area contributed by atoms with Gasteiger partial charge in [-0.2, -0.15) is 0 Å². The van der Waals surface area contributed by atoms with Gasteiger partial charge in [0.05, 0.1) is 5.69 Å². The molecule has 1 aliphatic rings. The first kappa shape index (κ1) is 12.4. The van der Waals surface area contributed by atoms with Crippen molar-refractivity contribution in [1.82, 2.24) is 5.32 Å². The zero-order valence-electron chi connectivity index (χ0n) is 9.34. The molecule has 0 amide bonds. The molecular formula is C12H16Br2N2. The predicted molar refractivity (Wildman–Crippen MR) is 76.1 cm³/mol. The maximum absolute atomic E-state index is 3.64. The Labute approximate surface area is 114 Å². The van der Waals surface area contributed by atoms with E-state index < -0.39 is 0 Å². The second kappa shape index (κ2) is 5.52. The van der Waals surface area contributed by atoms with E-state index in [0.717, 1.165) is 24.1 Å². The number of hydrogen-bond donors (Lipinski definition) is 1. The fourth-order valence-corrected chi connectivity index (χ4v) is 2.97. The smallest absolute Gasteiger partial charge is 0.0525 e. The molecule has 0 saturated carbocycles. The van der Waals surface area contributed by atoms with Crippen LogP contribution in [0.1, 0.15) is 13.3 Å². The average molecular weight is 348 g/mol. The molecule has 1 aromatic rings. The summed E-state index contributed by atoms with van der Waals surface area (Å²) in [5.74, 6) is 0. The van der Waals surface area contributed by atoms with E-state index in [2.05, 4.69) is 67.2 Å². The standard InChI is InChI=1S/C12H16Br2N2/c1-2-10-8-15-5-6-16(10)12-7-9(13)3-4-11(12)14/h3-4,7,10,15H,2,5-6,8H2,1H3. The molecule has 0 spiro atoms. The van der Waals surface area contributed by atoms with Crippen molar-refractivity contribution in [1.29, 1.82) is 0 Å². The lowest BCUT2D eigenvalue weighted by Crippen LogP contribution is -2.51. The van der Waals surface area contributed by atoms with Gasteiger partial charge >= 0.3 is 0 Å². The van der Waals surface area contributed by atoms with E-state index in [1.165, 1.54) is 16.6 Å². The summed E-state index contributed by atoms with van der Waals surface area (Å²) >= 11 is 7.18. The molecule has 2 nitrogen and oxygen atoms in total. The largest absolute Gasteiger partial charge is 0.365 e. The summed E-state index contributed by atoms with van der Waals surface area (Å²) in [7, 11) is 0. The number of anilines is 1. The minimum absolute atomic E-state index is 0.597. The van der Waals surface area contributed by atoms with Crippen LogP contribution in [-0.2, 0) is 0 Å². The number of nitrogens with one attached hydrogen (secondary N) is 1. The second-order valence-corrected chi connectivity index (χ2v) is 5.83. The van der Waals surface area contributed by atoms with Crippen LogP contribution in [0.15, 0.2) is 27.1 Å². The molecule has 0 aromatic heterocycles. The summed E-state index contributed by atoms with van der Waals surface area (Å²) < 4.78 is 2.31. The number of hydrogen-bond acceptors (Lipinski definition) is 2. The Balaban J connectivity index is 2.30. The number of rotatable bonds is 2. The minimum atomic E-state index is 0.597. The zero-order valence-corrected chi connectivity index (χ0v) is 12.5. The monoisotopic (exact) mass is 346 g/mol. The Kier molecular flexibility index (Phi) is 4.27. The molecule has 1 saturated heterocycles. The molecule has 2 rings (SSSR count). The third kappa shape index (κ3) is 2.60. The molecule has 4 heteroatoms. The maximum Gasteiger partial charge on any atom is 0.0525 e. The SMILES string of the molecule is CCC1CNCCN1c1cc(Br)ccc1Br. The van der Waals surface area contributed by atoms with Gasteiger partial charge in [0.25, 0.3) is 0 Å². The highest BCUT2D eigenvalue weighted by Crippen LogP contribution is 2.31. The van der Waals surface area contributed by atoms with Crippen LogP contribution < -0.4 is 10.2 Å². The maximum atomic E-state index is 3.64. The van der Waals surface area contributed by atoms with Gasteiger partial charge in [-0.25, -0.2) is 0 Å². The number of piperazine rings is 1. The van der Waals surface area contributed by atoms with Gasteiger partial charge in [0.1, 0.15) is 0 Å². The molecule has 1 aromatic carbocycles. The average Bonchev–Trinajstić information content (AvgIpc) is 2.32. The summed E-state index contributed by atoms with van der Waals surface area (Å²) in [6.45, 7) is 5.47. The molecular weight excluding hydrogens is 332 g/mol. The summed E-state index contributed by atoms with van der Waals surface area (Å²) in [6.07, 6.45) is 1.17. The van der Waals surface area contributed by atoms with Crippen molar-refractivity contribution in [3.05, 3.63) is 27.1 Å². The van der Waals surface area contributed by atoms with Gasteiger partial charge in [0.2, 0.25) is 0 Å². The first-order valence-corrected chi connectivity index (χ1v) is 7.23. The molecule has 1 unspecified atom stereocenters. The lowest BCUT2D eigenvalue weighted by molar-refractivity contribution is 0.466. The van der Waals surface area contributed by atoms with Gasteiger partial charge in [-0.05, 0) is 40.5 Å². The molecule has 1 heterocycles. The molecule has 88 valence electrons. The molecule has 0 radical (unpaired) electrons. The number of benzene rings is 1. The Morgan fingerprint density at radius 1 is 1.44 bits per heavy atom. The van der Waals surface area contributed by atoms with Crippen LogP contribution in [-0.4, -0.2) is 25.7 Å². The van der Waals surface area contributed by atoms with Gasteiger partial charge in [-0.15, -0.1) is 0 Å². The molecule has 0 bridgehead atoms. The third-order valence-electron chi connectivity index (χ3n) is 3.04. The quantitative estimate of drug-likeness (QED) is 0.882. The van der Waals surface area contributed by atoms with Gasteiger partial charge in [0, 0.05) is 34.6 Å². The summed E-state index contributed by atoms with van der Waals surface area (Å²) in [5, 5.41) is 3.45. The van der Waals surface area contributed by atoms with Crippen LogP contribution in [0.2, 0.25) is 0 Å². The van der Waals surface area contributed by atoms with Crippen molar-refractivity contribution < 1.29 is 0 Å². The van der Waals surface area contributed by atoms with E-state index in [9.17, 15) is 0 Å². The molecule has 1 N–H and O–H groups in total. The van der Waals surface area contributed by atoms with Crippen molar-refractivity contribution >= 4 is 37.5 Å².